The van der Waals surface area contributed by atoms with Gasteiger partial charge in [0.05, 0.1) is 11.0 Å². The summed E-state index contributed by atoms with van der Waals surface area (Å²) >= 11 is 0. The molecule has 4 nitrogen and oxygen atoms in total. The van der Waals surface area contributed by atoms with Gasteiger partial charge in [-0.25, -0.2) is 0 Å². The van der Waals surface area contributed by atoms with E-state index in [1.54, 1.807) is 6.07 Å². The van der Waals surface area contributed by atoms with Crippen LogP contribution in [0.2, 0.25) is 0 Å². The highest BCUT2D eigenvalue weighted by Crippen LogP contribution is 2.39. The van der Waals surface area contributed by atoms with Crippen molar-refractivity contribution in [2.24, 2.45) is 0 Å². The van der Waals surface area contributed by atoms with Crippen molar-refractivity contribution in [3.63, 3.8) is 0 Å². The summed E-state index contributed by atoms with van der Waals surface area (Å²) in [5.41, 5.74) is 3.38. The second-order valence-electron chi connectivity index (χ2n) is 4.38. The normalized spacial score (nSPS) is 12.3. The highest BCUT2D eigenvalue weighted by molar-refractivity contribution is 5.55. The van der Waals surface area contributed by atoms with E-state index in [1.165, 1.54) is 17.7 Å². The quantitative estimate of drug-likeness (QED) is 0.483. The third kappa shape index (κ3) is 1.62. The van der Waals surface area contributed by atoms with Crippen LogP contribution >= 0.6 is 0 Å². The van der Waals surface area contributed by atoms with Gasteiger partial charge in [0, 0.05) is 18.1 Å². The maximum absolute atomic E-state index is 10.7. The zero-order valence-corrected chi connectivity index (χ0v) is 9.84. The van der Waals surface area contributed by atoms with Gasteiger partial charge in [0.25, 0.3) is 5.69 Å². The largest absolute Gasteiger partial charge is 0.456 e. The molecule has 0 spiro atoms. The Hall–Kier alpha value is -2.36. The van der Waals surface area contributed by atoms with Crippen molar-refractivity contribution in [1.82, 2.24) is 0 Å². The van der Waals surface area contributed by atoms with Crippen LogP contribution < -0.4 is 4.74 Å². The van der Waals surface area contributed by atoms with E-state index in [2.05, 4.69) is 0 Å². The lowest BCUT2D eigenvalue weighted by Crippen LogP contribution is -2.05. The third-order valence-corrected chi connectivity index (χ3v) is 3.22. The highest BCUT2D eigenvalue weighted by atomic mass is 16.6. The molecule has 2 aromatic carbocycles. The molecular weight excluding hydrogens is 230 g/mol. The van der Waals surface area contributed by atoms with Gasteiger partial charge in [0.15, 0.2) is 0 Å². The molecule has 90 valence electrons. The summed E-state index contributed by atoms with van der Waals surface area (Å²) in [5, 5.41) is 10.7. The van der Waals surface area contributed by atoms with Crippen molar-refractivity contribution >= 4 is 5.69 Å². The Bertz CT molecular complexity index is 649. The molecule has 0 bridgehead atoms. The van der Waals surface area contributed by atoms with Crippen molar-refractivity contribution in [3.8, 4) is 11.5 Å². The van der Waals surface area contributed by atoms with Crippen LogP contribution in [0.3, 0.4) is 0 Å². The Labute approximate surface area is 104 Å². The molecule has 0 aliphatic carbocycles. The second-order valence-corrected chi connectivity index (χ2v) is 4.38. The predicted octanol–water partition coefficient (Wildman–Crippen LogP) is 3.60. The molecule has 2 aromatic rings. The van der Waals surface area contributed by atoms with Gasteiger partial charge in [0.1, 0.15) is 11.5 Å². The van der Waals surface area contributed by atoms with E-state index < -0.39 is 4.92 Å². The zero-order valence-electron chi connectivity index (χ0n) is 9.84. The molecule has 3 rings (SSSR count). The van der Waals surface area contributed by atoms with E-state index in [-0.39, 0.29) is 5.69 Å². The molecule has 1 aliphatic rings. The molecule has 1 aliphatic heterocycles. The lowest BCUT2D eigenvalue weighted by atomic mass is 9.96. The number of nitro benzene ring substituents is 1. The summed E-state index contributed by atoms with van der Waals surface area (Å²) in [6.07, 6.45) is 0.759. The van der Waals surface area contributed by atoms with Crippen molar-refractivity contribution in [2.45, 2.75) is 13.3 Å². The molecule has 0 saturated heterocycles. The molecule has 4 heteroatoms. The average Bonchev–Trinajstić information content (AvgIpc) is 2.36. The number of hydrogen-bond donors (Lipinski definition) is 0. The Kier molecular flexibility index (Phi) is 2.30. The minimum Gasteiger partial charge on any atom is -0.456 e. The van der Waals surface area contributed by atoms with Gasteiger partial charge in [-0.15, -0.1) is 0 Å². The van der Waals surface area contributed by atoms with Crippen molar-refractivity contribution in [3.05, 3.63) is 63.2 Å². The lowest BCUT2D eigenvalue weighted by Gasteiger charge is -2.21. The van der Waals surface area contributed by atoms with E-state index in [9.17, 15) is 10.1 Å². The number of nitrogens with zero attached hydrogens (tertiary/aromatic N) is 1. The molecular formula is C14H11NO3. The number of hydrogen-bond acceptors (Lipinski definition) is 3. The van der Waals surface area contributed by atoms with Gasteiger partial charge >= 0.3 is 0 Å². The van der Waals surface area contributed by atoms with Crippen molar-refractivity contribution < 1.29 is 9.66 Å². The fraction of sp³-hybridized carbons (Fsp3) is 0.143. The van der Waals surface area contributed by atoms with Crippen molar-refractivity contribution in [1.29, 1.82) is 0 Å². The van der Waals surface area contributed by atoms with Crippen LogP contribution in [-0.4, -0.2) is 4.92 Å². The van der Waals surface area contributed by atoms with E-state index in [0.29, 0.717) is 5.75 Å². The second kappa shape index (κ2) is 3.84. The Morgan fingerprint density at radius 3 is 2.83 bits per heavy atom. The van der Waals surface area contributed by atoms with E-state index in [4.69, 9.17) is 4.74 Å². The molecule has 0 N–H and O–H groups in total. The van der Waals surface area contributed by atoms with Gasteiger partial charge in [-0.1, -0.05) is 12.1 Å². The number of non-ortho nitro benzene ring substituents is 1. The van der Waals surface area contributed by atoms with Crippen LogP contribution in [0.1, 0.15) is 16.7 Å². The van der Waals surface area contributed by atoms with E-state index in [1.807, 2.05) is 25.1 Å². The molecule has 0 aromatic heterocycles. The summed E-state index contributed by atoms with van der Waals surface area (Å²) in [6, 6.07) is 10.6. The monoisotopic (exact) mass is 241 g/mol. The first kappa shape index (κ1) is 10.8. The zero-order chi connectivity index (χ0) is 12.7. The summed E-state index contributed by atoms with van der Waals surface area (Å²) in [5.74, 6) is 1.38. The summed E-state index contributed by atoms with van der Waals surface area (Å²) in [6.45, 7) is 2.04. The first-order chi connectivity index (χ1) is 8.65. The topological polar surface area (TPSA) is 52.4 Å². The summed E-state index contributed by atoms with van der Waals surface area (Å²) in [7, 11) is 0. The molecule has 0 radical (unpaired) electrons. The maximum atomic E-state index is 10.7. The Morgan fingerprint density at radius 1 is 1.22 bits per heavy atom. The number of nitro groups is 1. The minimum atomic E-state index is -0.407. The van der Waals surface area contributed by atoms with Gasteiger partial charge in [-0.05, 0) is 30.2 Å². The molecule has 1 heterocycles. The van der Waals surface area contributed by atoms with Gasteiger partial charge in [-0.2, -0.15) is 0 Å². The Morgan fingerprint density at radius 2 is 2.06 bits per heavy atom. The first-order valence-corrected chi connectivity index (χ1v) is 5.69. The van der Waals surface area contributed by atoms with Crippen LogP contribution in [0, 0.1) is 17.0 Å². The Balaban J connectivity index is 2.08. The minimum absolute atomic E-state index is 0.0600. The predicted molar refractivity (Wildman–Crippen MR) is 67.2 cm³/mol. The standard InChI is InChI=1S/C14H11NO3/c1-9-3-2-4-13-12(9)7-10-5-6-11(15(16)17)8-14(10)18-13/h2-6,8H,7H2,1H3. The highest BCUT2D eigenvalue weighted by Gasteiger charge is 2.20. The number of ether oxygens (including phenoxy) is 1. The fourth-order valence-electron chi connectivity index (χ4n) is 2.20. The molecule has 0 atom stereocenters. The molecule has 0 saturated carbocycles. The molecule has 18 heavy (non-hydrogen) atoms. The number of rotatable bonds is 1. The summed E-state index contributed by atoms with van der Waals surface area (Å²) in [4.78, 5) is 10.3. The number of fused-ring (bicyclic) bond motifs is 2. The fourth-order valence-corrected chi connectivity index (χ4v) is 2.20. The van der Waals surface area contributed by atoms with Gasteiger partial charge in [0.2, 0.25) is 0 Å². The van der Waals surface area contributed by atoms with Gasteiger partial charge < -0.3 is 4.74 Å². The smallest absolute Gasteiger partial charge is 0.273 e. The van der Waals surface area contributed by atoms with Crippen LogP contribution in [0.15, 0.2) is 36.4 Å². The van der Waals surface area contributed by atoms with Crippen LogP contribution in [-0.2, 0) is 6.42 Å². The average molecular weight is 241 g/mol. The van der Waals surface area contributed by atoms with Crippen LogP contribution in [0.4, 0.5) is 5.69 Å². The van der Waals surface area contributed by atoms with Gasteiger partial charge in [-0.3, -0.25) is 10.1 Å². The van der Waals surface area contributed by atoms with E-state index in [0.717, 1.165) is 23.3 Å². The lowest BCUT2D eigenvalue weighted by molar-refractivity contribution is -0.384. The SMILES string of the molecule is Cc1cccc2c1Cc1ccc([N+](=O)[O-])cc1O2. The molecule has 0 amide bonds. The number of benzene rings is 2. The van der Waals surface area contributed by atoms with Crippen LogP contribution in [0.25, 0.3) is 0 Å². The maximum Gasteiger partial charge on any atom is 0.273 e. The summed E-state index contributed by atoms with van der Waals surface area (Å²) < 4.78 is 5.74. The molecule has 0 unspecified atom stereocenters. The third-order valence-electron chi connectivity index (χ3n) is 3.22. The van der Waals surface area contributed by atoms with Crippen molar-refractivity contribution in [2.75, 3.05) is 0 Å². The number of aryl methyl sites for hydroxylation is 1. The van der Waals surface area contributed by atoms with Crippen LogP contribution in [0.5, 0.6) is 11.5 Å². The molecule has 0 fully saturated rings. The first-order valence-electron chi connectivity index (χ1n) is 5.69. The van der Waals surface area contributed by atoms with E-state index >= 15 is 0 Å².